The second kappa shape index (κ2) is 5.92. The Hall–Kier alpha value is -1.41. The van der Waals surface area contributed by atoms with E-state index in [0.717, 1.165) is 12.8 Å². The number of benzene rings is 1. The second-order valence-electron chi connectivity index (χ2n) is 6.69. The molecule has 0 aromatic heterocycles. The van der Waals surface area contributed by atoms with E-state index in [1.807, 2.05) is 39.0 Å². The average Bonchev–Trinajstić information content (AvgIpc) is 2.38. The molecule has 1 aromatic rings. The van der Waals surface area contributed by atoms with E-state index in [9.17, 15) is 4.79 Å². The summed E-state index contributed by atoms with van der Waals surface area (Å²) in [5.41, 5.74) is 2.04. The first-order valence-corrected chi connectivity index (χ1v) is 7.26. The summed E-state index contributed by atoms with van der Waals surface area (Å²) in [6.07, 6.45) is 2.13. The summed E-state index contributed by atoms with van der Waals surface area (Å²) in [6.45, 7) is 10.00. The maximum Gasteiger partial charge on any atom is 0.140 e. The second-order valence-corrected chi connectivity index (χ2v) is 6.69. The van der Waals surface area contributed by atoms with Crippen LogP contribution in [0.15, 0.2) is 42.5 Å². The zero-order valence-electron chi connectivity index (χ0n) is 12.7. The lowest BCUT2D eigenvalue weighted by Gasteiger charge is -2.32. The van der Waals surface area contributed by atoms with E-state index in [1.165, 1.54) is 11.1 Å². The van der Waals surface area contributed by atoms with E-state index < -0.39 is 0 Å². The SMILES string of the molecule is C=C1C[C@H](CC(=O)C(C)(C)C)O[C@H](c2ccccc2)C1. The quantitative estimate of drug-likeness (QED) is 0.759. The van der Waals surface area contributed by atoms with Crippen LogP contribution in [-0.4, -0.2) is 11.9 Å². The predicted octanol–water partition coefficient (Wildman–Crippen LogP) is 4.47. The topological polar surface area (TPSA) is 26.3 Å². The highest BCUT2D eigenvalue weighted by molar-refractivity contribution is 5.84. The molecule has 1 fully saturated rings. The third kappa shape index (κ3) is 3.80. The van der Waals surface area contributed by atoms with Crippen molar-refractivity contribution in [2.24, 2.45) is 5.41 Å². The molecule has 0 radical (unpaired) electrons. The molecule has 108 valence electrons. The summed E-state index contributed by atoms with van der Waals surface area (Å²) in [5, 5.41) is 0. The maximum absolute atomic E-state index is 12.2. The Bertz CT molecular complexity index is 482. The van der Waals surface area contributed by atoms with Gasteiger partial charge in [-0.2, -0.15) is 0 Å². The molecule has 1 aliphatic heterocycles. The molecule has 1 aliphatic rings. The van der Waals surface area contributed by atoms with E-state index in [2.05, 4.69) is 18.7 Å². The Kier molecular flexibility index (Phi) is 4.44. The Labute approximate surface area is 121 Å². The van der Waals surface area contributed by atoms with Crippen LogP contribution in [0, 0.1) is 5.41 Å². The molecular formula is C18H24O2. The van der Waals surface area contributed by atoms with Crippen LogP contribution in [0.25, 0.3) is 0 Å². The van der Waals surface area contributed by atoms with Crippen molar-refractivity contribution in [3.05, 3.63) is 48.0 Å². The lowest BCUT2D eigenvalue weighted by molar-refractivity contribution is -0.131. The third-order valence-corrected chi connectivity index (χ3v) is 3.77. The first-order chi connectivity index (χ1) is 9.36. The fraction of sp³-hybridized carbons (Fsp3) is 0.500. The van der Waals surface area contributed by atoms with Gasteiger partial charge in [0.05, 0.1) is 12.2 Å². The van der Waals surface area contributed by atoms with Gasteiger partial charge in [-0.15, -0.1) is 0 Å². The molecule has 2 rings (SSSR count). The largest absolute Gasteiger partial charge is 0.369 e. The highest BCUT2D eigenvalue weighted by Crippen LogP contribution is 2.35. The highest BCUT2D eigenvalue weighted by atomic mass is 16.5. The van der Waals surface area contributed by atoms with Crippen LogP contribution in [0.5, 0.6) is 0 Å². The monoisotopic (exact) mass is 272 g/mol. The lowest BCUT2D eigenvalue weighted by atomic mass is 9.85. The van der Waals surface area contributed by atoms with E-state index in [4.69, 9.17) is 4.74 Å². The molecule has 0 aliphatic carbocycles. The van der Waals surface area contributed by atoms with Crippen molar-refractivity contribution in [1.29, 1.82) is 0 Å². The molecule has 0 spiro atoms. The van der Waals surface area contributed by atoms with Crippen molar-refractivity contribution >= 4 is 5.78 Å². The van der Waals surface area contributed by atoms with Crippen LogP contribution in [0.4, 0.5) is 0 Å². The molecule has 0 saturated carbocycles. The number of ketones is 1. The van der Waals surface area contributed by atoms with Gasteiger partial charge in [-0.25, -0.2) is 0 Å². The summed E-state index contributed by atoms with van der Waals surface area (Å²) in [4.78, 5) is 12.2. The molecule has 20 heavy (non-hydrogen) atoms. The van der Waals surface area contributed by atoms with Crippen LogP contribution in [0.2, 0.25) is 0 Å². The molecule has 1 aromatic carbocycles. The molecular weight excluding hydrogens is 248 g/mol. The minimum absolute atomic E-state index is 0.0341. The smallest absolute Gasteiger partial charge is 0.140 e. The maximum atomic E-state index is 12.2. The Morgan fingerprint density at radius 2 is 1.90 bits per heavy atom. The summed E-state index contributed by atoms with van der Waals surface area (Å²) in [6, 6.07) is 10.2. The summed E-state index contributed by atoms with van der Waals surface area (Å²) >= 11 is 0. The van der Waals surface area contributed by atoms with Crippen LogP contribution >= 0.6 is 0 Å². The molecule has 0 amide bonds. The van der Waals surface area contributed by atoms with Crippen molar-refractivity contribution in [1.82, 2.24) is 0 Å². The zero-order valence-corrected chi connectivity index (χ0v) is 12.7. The van der Waals surface area contributed by atoms with Crippen LogP contribution < -0.4 is 0 Å². The molecule has 1 saturated heterocycles. The standard InChI is InChI=1S/C18H24O2/c1-13-10-15(12-17(19)18(2,3)4)20-16(11-13)14-8-6-5-7-9-14/h5-9,15-16H,1,10-12H2,2-4H3/t15-,16+/m1/s1. The number of ether oxygens (including phenoxy) is 1. The number of hydrogen-bond donors (Lipinski definition) is 0. The van der Waals surface area contributed by atoms with Gasteiger partial charge in [0.15, 0.2) is 0 Å². The molecule has 0 unspecified atom stereocenters. The number of carbonyl (C=O) groups excluding carboxylic acids is 1. The first-order valence-electron chi connectivity index (χ1n) is 7.26. The van der Waals surface area contributed by atoms with Gasteiger partial charge >= 0.3 is 0 Å². The van der Waals surface area contributed by atoms with Crippen molar-refractivity contribution in [3.63, 3.8) is 0 Å². The molecule has 0 N–H and O–H groups in total. The minimum atomic E-state index is -0.301. The van der Waals surface area contributed by atoms with Gasteiger partial charge in [-0.1, -0.05) is 63.3 Å². The van der Waals surface area contributed by atoms with Crippen LogP contribution in [0.3, 0.4) is 0 Å². The molecule has 1 heterocycles. The fourth-order valence-electron chi connectivity index (χ4n) is 2.49. The van der Waals surface area contributed by atoms with Gasteiger partial charge in [0.2, 0.25) is 0 Å². The molecule has 2 nitrogen and oxygen atoms in total. The van der Waals surface area contributed by atoms with Gasteiger partial charge in [0.1, 0.15) is 5.78 Å². The number of carbonyl (C=O) groups is 1. The zero-order chi connectivity index (χ0) is 14.8. The summed E-state index contributed by atoms with van der Waals surface area (Å²) < 4.78 is 6.13. The number of Topliss-reactive ketones (excluding diaryl/α,β-unsaturated/α-hetero) is 1. The van der Waals surface area contributed by atoms with Gasteiger partial charge in [0.25, 0.3) is 0 Å². The summed E-state index contributed by atoms with van der Waals surface area (Å²) in [5.74, 6) is 0.254. The predicted molar refractivity (Wildman–Crippen MR) is 81.5 cm³/mol. The van der Waals surface area contributed by atoms with Gasteiger partial charge in [-0.05, 0) is 18.4 Å². The van der Waals surface area contributed by atoms with E-state index >= 15 is 0 Å². The van der Waals surface area contributed by atoms with Gasteiger partial charge in [0, 0.05) is 11.8 Å². The van der Waals surface area contributed by atoms with Crippen molar-refractivity contribution in [3.8, 4) is 0 Å². The van der Waals surface area contributed by atoms with Crippen molar-refractivity contribution in [2.45, 2.75) is 52.2 Å². The molecule has 2 heteroatoms. The van der Waals surface area contributed by atoms with Crippen molar-refractivity contribution < 1.29 is 9.53 Å². The van der Waals surface area contributed by atoms with E-state index in [-0.39, 0.29) is 23.4 Å². The molecule has 2 atom stereocenters. The normalized spacial score (nSPS) is 23.6. The molecule has 0 bridgehead atoms. The van der Waals surface area contributed by atoms with Gasteiger partial charge in [-0.3, -0.25) is 4.79 Å². The van der Waals surface area contributed by atoms with Crippen molar-refractivity contribution in [2.75, 3.05) is 0 Å². The van der Waals surface area contributed by atoms with E-state index in [0.29, 0.717) is 6.42 Å². The number of hydrogen-bond acceptors (Lipinski definition) is 2. The Balaban J connectivity index is 2.06. The fourth-order valence-corrected chi connectivity index (χ4v) is 2.49. The lowest BCUT2D eigenvalue weighted by Crippen LogP contribution is -2.30. The van der Waals surface area contributed by atoms with E-state index in [1.54, 1.807) is 0 Å². The average molecular weight is 272 g/mol. The van der Waals surface area contributed by atoms with Gasteiger partial charge < -0.3 is 4.74 Å². The number of rotatable bonds is 3. The highest BCUT2D eigenvalue weighted by Gasteiger charge is 2.30. The third-order valence-electron chi connectivity index (χ3n) is 3.77. The minimum Gasteiger partial charge on any atom is -0.369 e. The Morgan fingerprint density at radius 1 is 1.25 bits per heavy atom. The summed E-state index contributed by atoms with van der Waals surface area (Å²) in [7, 11) is 0. The first kappa shape index (κ1) is 15.0. The van der Waals surface area contributed by atoms with Crippen LogP contribution in [-0.2, 0) is 9.53 Å². The Morgan fingerprint density at radius 3 is 2.50 bits per heavy atom. The van der Waals surface area contributed by atoms with Crippen LogP contribution in [0.1, 0.15) is 51.7 Å².